The van der Waals surface area contributed by atoms with Crippen LogP contribution in [0.25, 0.3) is 0 Å². The zero-order valence-electron chi connectivity index (χ0n) is 55.2. The molecule has 3 unspecified atom stereocenters. The normalized spacial score (nSPS) is 14.7. The topological polar surface area (TPSA) is 237 Å². The first-order valence-electron chi connectivity index (χ1n) is 34.2. The Labute approximate surface area is 517 Å². The largest absolute Gasteiger partial charge is 0.472 e. The predicted molar refractivity (Wildman–Crippen MR) is 340 cm³/mol. The van der Waals surface area contributed by atoms with Gasteiger partial charge in [0.25, 0.3) is 0 Å². The number of esters is 4. The molecule has 0 amide bonds. The lowest BCUT2D eigenvalue weighted by Crippen LogP contribution is -2.30. The summed E-state index contributed by atoms with van der Waals surface area (Å²) in [6.45, 7) is 14.0. The van der Waals surface area contributed by atoms with Crippen molar-refractivity contribution in [2.75, 3.05) is 39.6 Å². The monoisotopic (exact) mass is 1250 g/mol. The summed E-state index contributed by atoms with van der Waals surface area (Å²) in [5, 5.41) is 10.5. The molecule has 0 aliphatic carbocycles. The van der Waals surface area contributed by atoms with Crippen LogP contribution in [0.2, 0.25) is 0 Å². The molecule has 0 rings (SSSR count). The maximum absolute atomic E-state index is 13.0. The van der Waals surface area contributed by atoms with E-state index in [4.69, 9.17) is 37.0 Å². The van der Waals surface area contributed by atoms with Crippen LogP contribution in [-0.4, -0.2) is 96.7 Å². The number of hydrogen-bond acceptors (Lipinski definition) is 15. The van der Waals surface area contributed by atoms with Gasteiger partial charge in [0.1, 0.15) is 19.3 Å². The molecule has 0 radical (unpaired) electrons. The van der Waals surface area contributed by atoms with Gasteiger partial charge in [0, 0.05) is 25.7 Å². The first-order valence-corrected chi connectivity index (χ1v) is 37.2. The smallest absolute Gasteiger partial charge is 0.462 e. The Bertz CT molecular complexity index is 1700. The lowest BCUT2D eigenvalue weighted by molar-refractivity contribution is -0.161. The van der Waals surface area contributed by atoms with Gasteiger partial charge in [-0.2, -0.15) is 0 Å². The van der Waals surface area contributed by atoms with Crippen LogP contribution in [0, 0.1) is 23.7 Å². The molecule has 0 heterocycles. The summed E-state index contributed by atoms with van der Waals surface area (Å²) in [5.41, 5.74) is 0. The Balaban J connectivity index is 5.26. The van der Waals surface area contributed by atoms with Crippen molar-refractivity contribution in [3.8, 4) is 0 Å². The van der Waals surface area contributed by atoms with Gasteiger partial charge in [-0.15, -0.1) is 0 Å². The number of ether oxygens (including phenoxy) is 4. The van der Waals surface area contributed by atoms with Gasteiger partial charge < -0.3 is 33.8 Å². The summed E-state index contributed by atoms with van der Waals surface area (Å²) in [6.07, 6.45) is 36.3. The lowest BCUT2D eigenvalue weighted by atomic mass is 9.99. The third kappa shape index (κ3) is 59.5. The number of aliphatic hydroxyl groups is 1. The fraction of sp³-hybridized carbons (Fsp3) is 0.939. The van der Waals surface area contributed by atoms with Crippen molar-refractivity contribution in [2.45, 2.75) is 337 Å². The van der Waals surface area contributed by atoms with Crippen molar-refractivity contribution in [1.82, 2.24) is 0 Å². The summed E-state index contributed by atoms with van der Waals surface area (Å²) in [4.78, 5) is 72.3. The van der Waals surface area contributed by atoms with E-state index in [1.54, 1.807) is 0 Å². The number of phosphoric acid groups is 2. The highest BCUT2D eigenvalue weighted by molar-refractivity contribution is 7.47. The number of carbonyl (C=O) groups excluding carboxylic acids is 4. The second-order valence-corrected chi connectivity index (χ2v) is 28.4. The average molecular weight is 1260 g/mol. The van der Waals surface area contributed by atoms with Crippen molar-refractivity contribution in [2.24, 2.45) is 23.7 Å². The van der Waals surface area contributed by atoms with Crippen LogP contribution in [0.4, 0.5) is 0 Å². The Kier molecular flexibility index (Phi) is 54.8. The fourth-order valence-corrected chi connectivity index (χ4v) is 11.3. The van der Waals surface area contributed by atoms with Gasteiger partial charge in [0.2, 0.25) is 0 Å². The van der Waals surface area contributed by atoms with Crippen molar-refractivity contribution < 1.29 is 80.2 Å². The molecule has 0 spiro atoms. The minimum atomic E-state index is -4.95. The highest BCUT2D eigenvalue weighted by Crippen LogP contribution is 2.45. The zero-order chi connectivity index (χ0) is 63.2. The van der Waals surface area contributed by atoms with Crippen LogP contribution in [0.1, 0.15) is 319 Å². The number of hydrogen-bond donors (Lipinski definition) is 3. The zero-order valence-corrected chi connectivity index (χ0v) is 57.0. The third-order valence-corrected chi connectivity index (χ3v) is 17.3. The van der Waals surface area contributed by atoms with E-state index in [9.17, 15) is 43.2 Å². The SMILES string of the molecule is CCC(C)CCCCCCCCCCCCC(=O)O[C@H](COC(=O)CCCCCCCCCCC(C)C)COP(=O)(O)OC[C@@H](O)COP(=O)(O)OC[C@@H](COC(=O)CCCCCCCCC(C)C)OC(=O)CCCCCCCCCCC(C)C. The molecule has 3 N–H and O–H groups in total. The number of unbranched alkanes of at least 4 members (excludes halogenated alkanes) is 28. The van der Waals surface area contributed by atoms with Crippen molar-refractivity contribution >= 4 is 39.5 Å². The van der Waals surface area contributed by atoms with Gasteiger partial charge in [-0.1, -0.05) is 267 Å². The quantitative estimate of drug-likeness (QED) is 0.0222. The van der Waals surface area contributed by atoms with Gasteiger partial charge in [-0.05, 0) is 49.4 Å². The van der Waals surface area contributed by atoms with E-state index in [1.807, 2.05) is 0 Å². The maximum atomic E-state index is 13.0. The Morgan fingerprint density at radius 3 is 0.835 bits per heavy atom. The van der Waals surface area contributed by atoms with Gasteiger partial charge >= 0.3 is 39.5 Å². The fourth-order valence-electron chi connectivity index (χ4n) is 9.75. The van der Waals surface area contributed by atoms with Crippen LogP contribution in [0.5, 0.6) is 0 Å². The van der Waals surface area contributed by atoms with E-state index in [-0.39, 0.29) is 25.7 Å². The lowest BCUT2D eigenvalue weighted by Gasteiger charge is -2.21. The van der Waals surface area contributed by atoms with E-state index < -0.39 is 97.5 Å². The van der Waals surface area contributed by atoms with E-state index in [0.29, 0.717) is 31.6 Å². The highest BCUT2D eigenvalue weighted by Gasteiger charge is 2.30. The predicted octanol–water partition coefficient (Wildman–Crippen LogP) is 18.1. The molecular formula is C66H128O17P2. The molecule has 0 saturated heterocycles. The van der Waals surface area contributed by atoms with Crippen LogP contribution in [0.15, 0.2) is 0 Å². The molecule has 6 atom stereocenters. The van der Waals surface area contributed by atoms with Crippen LogP contribution < -0.4 is 0 Å². The van der Waals surface area contributed by atoms with Gasteiger partial charge in [0.15, 0.2) is 12.2 Å². The van der Waals surface area contributed by atoms with E-state index in [1.165, 1.54) is 116 Å². The molecule has 0 fully saturated rings. The number of aliphatic hydroxyl groups excluding tert-OH is 1. The second-order valence-electron chi connectivity index (χ2n) is 25.5. The van der Waals surface area contributed by atoms with E-state index in [2.05, 4.69) is 55.4 Å². The molecule has 19 heteroatoms. The van der Waals surface area contributed by atoms with Crippen molar-refractivity contribution in [1.29, 1.82) is 0 Å². The first kappa shape index (κ1) is 83.1. The molecule has 0 aromatic heterocycles. The molecule has 0 aliphatic heterocycles. The number of rotatable bonds is 63. The Morgan fingerprint density at radius 1 is 0.329 bits per heavy atom. The third-order valence-electron chi connectivity index (χ3n) is 15.4. The van der Waals surface area contributed by atoms with Crippen molar-refractivity contribution in [3.05, 3.63) is 0 Å². The second kappa shape index (κ2) is 56.1. The number of carbonyl (C=O) groups is 4. The molecule has 504 valence electrons. The first-order chi connectivity index (χ1) is 40.6. The van der Waals surface area contributed by atoms with Crippen LogP contribution >= 0.6 is 15.6 Å². The standard InChI is InChI=1S/C66H128O17P2/c1-9-59(8)45-37-29-20-12-10-11-13-22-32-40-48-65(70)82-61(52-76-63(68)46-38-30-21-16-14-18-26-34-42-56(2)3)54-80-84(72,73)78-50-60(67)51-79-85(74,75)81-55-62(53-77-64(69)47-39-31-25-24-28-36-44-58(6)7)83-66(71)49-41-33-23-17-15-19-27-35-43-57(4)5/h56-62,67H,9-55H2,1-8H3,(H,72,73)(H,74,75)/t59?,60-,61-,62-/m1/s1. The van der Waals surface area contributed by atoms with Crippen molar-refractivity contribution in [3.63, 3.8) is 0 Å². The molecule has 85 heavy (non-hydrogen) atoms. The average Bonchev–Trinajstić information content (AvgIpc) is 3.46. The van der Waals surface area contributed by atoms with Gasteiger partial charge in [0.05, 0.1) is 26.4 Å². The molecule has 17 nitrogen and oxygen atoms in total. The molecule has 0 aromatic carbocycles. The minimum absolute atomic E-state index is 0.103. The summed E-state index contributed by atoms with van der Waals surface area (Å²) in [6, 6.07) is 0. The minimum Gasteiger partial charge on any atom is -0.462 e. The summed E-state index contributed by atoms with van der Waals surface area (Å²) in [7, 11) is -9.89. The Morgan fingerprint density at radius 2 is 0.565 bits per heavy atom. The summed E-state index contributed by atoms with van der Waals surface area (Å²) in [5.74, 6) is 0.788. The molecule has 0 saturated carbocycles. The summed E-state index contributed by atoms with van der Waals surface area (Å²) >= 11 is 0. The van der Waals surface area contributed by atoms with Gasteiger partial charge in [-0.25, -0.2) is 9.13 Å². The molecular weight excluding hydrogens is 1130 g/mol. The highest BCUT2D eigenvalue weighted by atomic mass is 31.2. The van der Waals surface area contributed by atoms with Gasteiger partial charge in [-0.3, -0.25) is 37.3 Å². The number of phosphoric ester groups is 2. The Hall–Kier alpha value is -1.94. The van der Waals surface area contributed by atoms with Crippen LogP contribution in [-0.2, 0) is 65.4 Å². The van der Waals surface area contributed by atoms with Crippen LogP contribution in [0.3, 0.4) is 0 Å². The molecule has 0 aromatic rings. The van der Waals surface area contributed by atoms with E-state index in [0.717, 1.165) is 114 Å². The maximum Gasteiger partial charge on any atom is 0.472 e. The molecule has 0 aliphatic rings. The summed E-state index contributed by atoms with van der Waals surface area (Å²) < 4.78 is 68.1. The van der Waals surface area contributed by atoms with E-state index >= 15 is 0 Å². The molecule has 0 bridgehead atoms.